The molecule has 0 spiro atoms. The maximum absolute atomic E-state index is 12.7. The molecule has 1 atom stereocenters. The zero-order valence-electron chi connectivity index (χ0n) is 13.2. The smallest absolute Gasteiger partial charge is 0.338 e. The first-order chi connectivity index (χ1) is 11.6. The van der Waals surface area contributed by atoms with Crippen molar-refractivity contribution in [3.05, 3.63) is 42.0 Å². The summed E-state index contributed by atoms with van der Waals surface area (Å²) in [5.74, 6) is -0.633. The van der Waals surface area contributed by atoms with Crippen LogP contribution >= 0.6 is 0 Å². The number of carbonyl (C=O) groups is 3. The van der Waals surface area contributed by atoms with E-state index in [0.29, 0.717) is 35.0 Å². The Kier molecular flexibility index (Phi) is 3.26. The molecule has 6 nitrogen and oxygen atoms in total. The normalized spacial score (nSPS) is 20.0. The van der Waals surface area contributed by atoms with Gasteiger partial charge in [0.15, 0.2) is 0 Å². The molecule has 2 aliphatic heterocycles. The first-order valence-electron chi connectivity index (χ1n) is 7.88. The van der Waals surface area contributed by atoms with Crippen LogP contribution in [-0.4, -0.2) is 42.5 Å². The van der Waals surface area contributed by atoms with Crippen molar-refractivity contribution in [1.29, 1.82) is 0 Å². The third kappa shape index (κ3) is 1.92. The maximum Gasteiger partial charge on any atom is 0.338 e. The van der Waals surface area contributed by atoms with E-state index in [0.717, 1.165) is 6.42 Å². The molecule has 2 heterocycles. The monoisotopic (exact) mass is 324 g/mol. The summed E-state index contributed by atoms with van der Waals surface area (Å²) >= 11 is 0. The molecular formula is C18H16N2O4. The minimum absolute atomic E-state index is 0.187. The average Bonchev–Trinajstić information content (AvgIpc) is 3.18. The van der Waals surface area contributed by atoms with Crippen molar-refractivity contribution >= 4 is 34.4 Å². The molecule has 3 amide bonds. The van der Waals surface area contributed by atoms with Crippen LogP contribution in [0.2, 0.25) is 0 Å². The molecule has 0 radical (unpaired) electrons. The molecular weight excluding hydrogens is 308 g/mol. The summed E-state index contributed by atoms with van der Waals surface area (Å²) in [7, 11) is 1.33. The van der Waals surface area contributed by atoms with Gasteiger partial charge < -0.3 is 9.64 Å². The van der Waals surface area contributed by atoms with Crippen molar-refractivity contribution in [2.75, 3.05) is 18.6 Å². The van der Waals surface area contributed by atoms with E-state index in [-0.39, 0.29) is 18.0 Å². The van der Waals surface area contributed by atoms with Gasteiger partial charge in [-0.05, 0) is 30.4 Å². The lowest BCUT2D eigenvalue weighted by molar-refractivity contribution is -0.119. The summed E-state index contributed by atoms with van der Waals surface area (Å²) < 4.78 is 4.82. The second-order valence-corrected chi connectivity index (χ2v) is 5.98. The number of hydrogen-bond acceptors (Lipinski definition) is 4. The van der Waals surface area contributed by atoms with Crippen LogP contribution in [0.15, 0.2) is 36.4 Å². The van der Waals surface area contributed by atoms with E-state index < -0.39 is 5.97 Å². The summed E-state index contributed by atoms with van der Waals surface area (Å²) in [6.07, 6.45) is 1.57. The van der Waals surface area contributed by atoms with Crippen molar-refractivity contribution < 1.29 is 19.1 Å². The second-order valence-electron chi connectivity index (χ2n) is 5.98. The van der Waals surface area contributed by atoms with Crippen LogP contribution in [0, 0.1) is 0 Å². The fraction of sp³-hybridized carbons (Fsp3) is 0.278. The minimum atomic E-state index is -0.447. The van der Waals surface area contributed by atoms with E-state index >= 15 is 0 Å². The molecule has 2 fully saturated rings. The van der Waals surface area contributed by atoms with Crippen LogP contribution < -0.4 is 4.90 Å². The average molecular weight is 324 g/mol. The highest BCUT2D eigenvalue weighted by atomic mass is 16.5. The quantitative estimate of drug-likeness (QED) is 0.629. The van der Waals surface area contributed by atoms with E-state index in [1.165, 1.54) is 12.0 Å². The second kappa shape index (κ2) is 5.33. The van der Waals surface area contributed by atoms with Crippen molar-refractivity contribution in [3.63, 3.8) is 0 Å². The number of imide groups is 1. The van der Waals surface area contributed by atoms with E-state index in [9.17, 15) is 14.4 Å². The molecule has 2 saturated heterocycles. The number of ether oxygens (including phenoxy) is 1. The lowest BCUT2D eigenvalue weighted by atomic mass is 10.0. The van der Waals surface area contributed by atoms with Gasteiger partial charge in [-0.25, -0.2) is 14.5 Å². The van der Waals surface area contributed by atoms with Gasteiger partial charge in [-0.3, -0.25) is 4.79 Å². The third-order valence-corrected chi connectivity index (χ3v) is 4.74. The SMILES string of the molecule is COC(=O)c1ccc(N2C(=O)[C@H]3CCCN3C2=O)c2ccccc12. The highest BCUT2D eigenvalue weighted by Crippen LogP contribution is 2.36. The zero-order valence-corrected chi connectivity index (χ0v) is 13.2. The van der Waals surface area contributed by atoms with Crippen molar-refractivity contribution in [2.45, 2.75) is 18.9 Å². The fourth-order valence-corrected chi connectivity index (χ4v) is 3.61. The van der Waals surface area contributed by atoms with Crippen LogP contribution in [0.1, 0.15) is 23.2 Å². The Morgan fingerprint density at radius 2 is 1.88 bits per heavy atom. The van der Waals surface area contributed by atoms with Gasteiger partial charge in [0.2, 0.25) is 0 Å². The predicted molar refractivity (Wildman–Crippen MR) is 87.9 cm³/mol. The summed E-state index contributed by atoms with van der Waals surface area (Å²) in [6, 6.07) is 9.84. The number of rotatable bonds is 2. The number of anilines is 1. The number of carbonyl (C=O) groups excluding carboxylic acids is 3. The highest BCUT2D eigenvalue weighted by Gasteiger charge is 2.48. The Labute approximate surface area is 138 Å². The van der Waals surface area contributed by atoms with Crippen molar-refractivity contribution in [1.82, 2.24) is 4.90 Å². The van der Waals surface area contributed by atoms with Crippen LogP contribution in [0.3, 0.4) is 0 Å². The van der Waals surface area contributed by atoms with Crippen LogP contribution in [0.5, 0.6) is 0 Å². The van der Waals surface area contributed by atoms with Crippen molar-refractivity contribution in [3.8, 4) is 0 Å². The lowest BCUT2D eigenvalue weighted by Gasteiger charge is -2.18. The van der Waals surface area contributed by atoms with Gasteiger partial charge in [-0.15, -0.1) is 0 Å². The van der Waals surface area contributed by atoms with Gasteiger partial charge >= 0.3 is 12.0 Å². The fourth-order valence-electron chi connectivity index (χ4n) is 3.61. The first kappa shape index (κ1) is 14.7. The Morgan fingerprint density at radius 3 is 2.58 bits per heavy atom. The summed E-state index contributed by atoms with van der Waals surface area (Å²) in [4.78, 5) is 40.2. The molecule has 2 aromatic carbocycles. The number of methoxy groups -OCH3 is 1. The van der Waals surface area contributed by atoms with Crippen molar-refractivity contribution in [2.24, 2.45) is 0 Å². The molecule has 24 heavy (non-hydrogen) atoms. The first-order valence-corrected chi connectivity index (χ1v) is 7.88. The molecule has 0 bridgehead atoms. The molecule has 0 aliphatic carbocycles. The third-order valence-electron chi connectivity index (χ3n) is 4.74. The van der Waals surface area contributed by atoms with E-state index in [2.05, 4.69) is 0 Å². The number of amides is 3. The van der Waals surface area contributed by atoms with Gasteiger partial charge in [0.05, 0.1) is 18.4 Å². The largest absolute Gasteiger partial charge is 0.465 e. The molecule has 6 heteroatoms. The maximum atomic E-state index is 12.7. The minimum Gasteiger partial charge on any atom is -0.465 e. The molecule has 0 N–H and O–H groups in total. The van der Waals surface area contributed by atoms with E-state index in [1.807, 2.05) is 12.1 Å². The Bertz CT molecular complexity index is 854. The Hall–Kier alpha value is -2.89. The summed E-state index contributed by atoms with van der Waals surface area (Å²) in [5, 5.41) is 1.35. The van der Waals surface area contributed by atoms with Gasteiger partial charge in [0.25, 0.3) is 5.91 Å². The predicted octanol–water partition coefficient (Wildman–Crippen LogP) is 2.56. The Morgan fingerprint density at radius 1 is 1.12 bits per heavy atom. The zero-order chi connectivity index (χ0) is 16.8. The Balaban J connectivity index is 1.88. The molecule has 2 aromatic rings. The number of benzene rings is 2. The summed E-state index contributed by atoms with van der Waals surface area (Å²) in [6.45, 7) is 0.615. The van der Waals surface area contributed by atoms with Crippen LogP contribution in [0.25, 0.3) is 10.8 Å². The molecule has 0 aromatic heterocycles. The van der Waals surface area contributed by atoms with Gasteiger partial charge in [0, 0.05) is 11.9 Å². The van der Waals surface area contributed by atoms with Crippen LogP contribution in [0.4, 0.5) is 10.5 Å². The number of nitrogens with zero attached hydrogens (tertiary/aromatic N) is 2. The number of esters is 1. The van der Waals surface area contributed by atoms with Crippen LogP contribution in [-0.2, 0) is 9.53 Å². The number of urea groups is 1. The lowest BCUT2D eigenvalue weighted by Crippen LogP contribution is -2.33. The highest BCUT2D eigenvalue weighted by molar-refractivity contribution is 6.25. The topological polar surface area (TPSA) is 66.9 Å². The van der Waals surface area contributed by atoms with Gasteiger partial charge in [-0.1, -0.05) is 24.3 Å². The van der Waals surface area contributed by atoms with E-state index in [4.69, 9.17) is 4.74 Å². The standard InChI is InChI=1S/C18H16N2O4/c1-24-17(22)13-8-9-14(12-6-3-2-5-11(12)13)20-16(21)15-7-4-10-19(15)18(20)23/h2-3,5-6,8-9,15H,4,7,10H2,1H3/t15-/m1/s1. The summed E-state index contributed by atoms with van der Waals surface area (Å²) in [5.41, 5.74) is 0.930. The molecule has 0 saturated carbocycles. The van der Waals surface area contributed by atoms with Gasteiger partial charge in [0.1, 0.15) is 6.04 Å². The van der Waals surface area contributed by atoms with E-state index in [1.54, 1.807) is 29.2 Å². The van der Waals surface area contributed by atoms with Gasteiger partial charge in [-0.2, -0.15) is 0 Å². The molecule has 4 rings (SSSR count). The molecule has 2 aliphatic rings. The molecule has 0 unspecified atom stereocenters. The number of hydrogen-bond donors (Lipinski definition) is 0. The molecule has 122 valence electrons. The number of fused-ring (bicyclic) bond motifs is 2.